The first-order valence-electron chi connectivity index (χ1n) is 9.34. The predicted molar refractivity (Wildman–Crippen MR) is 118 cm³/mol. The minimum Gasteiger partial charge on any atom is -0.350 e. The summed E-state index contributed by atoms with van der Waals surface area (Å²) < 4.78 is 0. The number of nitrogens with zero attached hydrogens (tertiary/aromatic N) is 2. The number of pyridine rings is 1. The van der Waals surface area contributed by atoms with Gasteiger partial charge in [0.15, 0.2) is 0 Å². The third kappa shape index (κ3) is 5.25. The second-order valence-electron chi connectivity index (χ2n) is 6.41. The van der Waals surface area contributed by atoms with E-state index in [-0.39, 0.29) is 11.1 Å². The van der Waals surface area contributed by atoms with E-state index in [1.54, 1.807) is 31.2 Å². The molecular formula is C24H20ClN3O2. The molecule has 30 heavy (non-hydrogen) atoms. The Morgan fingerprint density at radius 3 is 2.30 bits per heavy atom. The highest BCUT2D eigenvalue weighted by atomic mass is 35.5. The van der Waals surface area contributed by atoms with E-state index >= 15 is 0 Å². The van der Waals surface area contributed by atoms with E-state index < -0.39 is 11.9 Å². The minimum atomic E-state index is -0.925. The van der Waals surface area contributed by atoms with Crippen LogP contribution in [0.15, 0.2) is 79.0 Å². The van der Waals surface area contributed by atoms with E-state index in [1.807, 2.05) is 48.5 Å². The zero-order valence-corrected chi connectivity index (χ0v) is 17.1. The molecule has 0 spiro atoms. The van der Waals surface area contributed by atoms with Gasteiger partial charge in [0.2, 0.25) is 5.91 Å². The summed E-state index contributed by atoms with van der Waals surface area (Å²) in [6.45, 7) is 1.91. The zero-order chi connectivity index (χ0) is 21.3. The van der Waals surface area contributed by atoms with Crippen molar-refractivity contribution in [3.63, 3.8) is 0 Å². The minimum absolute atomic E-state index is 0.289. The summed E-state index contributed by atoms with van der Waals surface area (Å²) in [4.78, 5) is 31.6. The summed E-state index contributed by atoms with van der Waals surface area (Å²) in [7, 11) is 0. The van der Waals surface area contributed by atoms with Crippen LogP contribution in [-0.4, -0.2) is 16.8 Å². The third-order valence-corrected chi connectivity index (χ3v) is 4.60. The van der Waals surface area contributed by atoms with Gasteiger partial charge in [-0.1, -0.05) is 78.2 Å². The van der Waals surface area contributed by atoms with Crippen molar-refractivity contribution in [2.45, 2.75) is 19.5 Å². The van der Waals surface area contributed by atoms with Crippen molar-refractivity contribution in [3.8, 4) is 11.8 Å². The van der Waals surface area contributed by atoms with Gasteiger partial charge in [-0.15, -0.1) is 0 Å². The molecule has 0 aliphatic heterocycles. The van der Waals surface area contributed by atoms with Crippen molar-refractivity contribution in [2.75, 3.05) is 4.90 Å². The largest absolute Gasteiger partial charge is 0.350 e. The second-order valence-corrected chi connectivity index (χ2v) is 6.79. The van der Waals surface area contributed by atoms with Gasteiger partial charge < -0.3 is 5.32 Å². The van der Waals surface area contributed by atoms with Gasteiger partial charge in [-0.25, -0.2) is 4.98 Å². The number of hydrogen-bond donors (Lipinski definition) is 1. The maximum Gasteiger partial charge on any atom is 0.303 e. The molecule has 2 aromatic carbocycles. The molecule has 0 bridgehead atoms. The number of carbonyl (C=O) groups is 2. The van der Waals surface area contributed by atoms with Crippen molar-refractivity contribution >= 4 is 29.1 Å². The Morgan fingerprint density at radius 1 is 1.03 bits per heavy atom. The van der Waals surface area contributed by atoms with Crippen LogP contribution in [-0.2, 0) is 16.1 Å². The lowest BCUT2D eigenvalue weighted by molar-refractivity contribution is -0.125. The van der Waals surface area contributed by atoms with Crippen molar-refractivity contribution in [3.05, 3.63) is 95.3 Å². The fraction of sp³-hybridized carbons (Fsp3) is 0.125. The summed E-state index contributed by atoms with van der Waals surface area (Å²) in [6, 6.07) is 21.0. The topological polar surface area (TPSA) is 62.3 Å². The Kier molecular flexibility index (Phi) is 7.20. The molecule has 6 heteroatoms. The van der Waals surface area contributed by atoms with Gasteiger partial charge in [0.05, 0.1) is 11.9 Å². The summed E-state index contributed by atoms with van der Waals surface area (Å²) in [5.74, 6) is 4.31. The van der Waals surface area contributed by atoms with E-state index in [2.05, 4.69) is 22.1 Å². The van der Waals surface area contributed by atoms with Gasteiger partial charge in [0, 0.05) is 6.54 Å². The maximum atomic E-state index is 13.3. The van der Waals surface area contributed by atoms with Gasteiger partial charge in [-0.05, 0) is 36.1 Å². The smallest absolute Gasteiger partial charge is 0.303 e. The number of halogens is 1. The fourth-order valence-corrected chi connectivity index (χ4v) is 3.11. The lowest BCUT2D eigenvalue weighted by atomic mass is 10.0. The third-order valence-electron chi connectivity index (χ3n) is 4.37. The number of anilines is 1. The molecular weight excluding hydrogens is 398 g/mol. The Balaban J connectivity index is 2.00. The maximum absolute atomic E-state index is 13.3. The van der Waals surface area contributed by atoms with E-state index in [4.69, 9.17) is 11.6 Å². The molecule has 0 fully saturated rings. The van der Waals surface area contributed by atoms with E-state index in [0.29, 0.717) is 17.8 Å². The highest BCUT2D eigenvalue weighted by molar-refractivity contribution is 6.29. The molecule has 0 radical (unpaired) electrons. The summed E-state index contributed by atoms with van der Waals surface area (Å²) in [5.41, 5.74) is 2.04. The van der Waals surface area contributed by atoms with Gasteiger partial charge >= 0.3 is 5.91 Å². The SMILES string of the molecule is CC#CC(=O)N(c1ccc(Cl)nc1)C(C(=O)NCc1ccccc1)c1ccccc1. The molecule has 150 valence electrons. The first-order chi connectivity index (χ1) is 14.6. The standard InChI is InChI=1S/C24H20ClN3O2/c1-2-9-22(29)28(20-14-15-21(25)26-17-20)23(19-12-7-4-8-13-19)24(30)27-16-18-10-5-3-6-11-18/h3-8,10-15,17,23H,16H2,1H3,(H,27,30). The Hall–Kier alpha value is -3.62. The van der Waals surface area contributed by atoms with Crippen LogP contribution >= 0.6 is 11.6 Å². The normalized spacial score (nSPS) is 11.0. The van der Waals surface area contributed by atoms with Crippen LogP contribution in [0.2, 0.25) is 5.15 Å². The highest BCUT2D eigenvalue weighted by Crippen LogP contribution is 2.28. The molecule has 1 N–H and O–H groups in total. The molecule has 1 aromatic heterocycles. The predicted octanol–water partition coefficient (Wildman–Crippen LogP) is 4.15. The second kappa shape index (κ2) is 10.2. The molecule has 5 nitrogen and oxygen atoms in total. The number of rotatable bonds is 6. The van der Waals surface area contributed by atoms with Crippen molar-refractivity contribution in [1.29, 1.82) is 0 Å². The van der Waals surface area contributed by atoms with E-state index in [0.717, 1.165) is 5.56 Å². The van der Waals surface area contributed by atoms with Crippen LogP contribution in [0, 0.1) is 11.8 Å². The van der Waals surface area contributed by atoms with Crippen molar-refractivity contribution in [2.24, 2.45) is 0 Å². The summed E-state index contributed by atoms with van der Waals surface area (Å²) in [5, 5.41) is 3.22. The van der Waals surface area contributed by atoms with Crippen LogP contribution in [0.4, 0.5) is 5.69 Å². The Morgan fingerprint density at radius 2 is 1.70 bits per heavy atom. The number of carbonyl (C=O) groups excluding carboxylic acids is 2. The monoisotopic (exact) mass is 417 g/mol. The van der Waals surface area contributed by atoms with Crippen LogP contribution in [0.3, 0.4) is 0 Å². The van der Waals surface area contributed by atoms with Gasteiger partial charge in [-0.3, -0.25) is 14.5 Å². The lowest BCUT2D eigenvalue weighted by Gasteiger charge is -2.29. The number of hydrogen-bond acceptors (Lipinski definition) is 3. The van der Waals surface area contributed by atoms with E-state index in [1.165, 1.54) is 11.1 Å². The molecule has 1 unspecified atom stereocenters. The van der Waals surface area contributed by atoms with Crippen LogP contribution in [0.25, 0.3) is 0 Å². The quantitative estimate of drug-likeness (QED) is 0.484. The van der Waals surface area contributed by atoms with E-state index in [9.17, 15) is 9.59 Å². The zero-order valence-electron chi connectivity index (χ0n) is 16.4. The van der Waals surface area contributed by atoms with Crippen LogP contribution in [0.5, 0.6) is 0 Å². The van der Waals surface area contributed by atoms with Gasteiger partial charge in [0.1, 0.15) is 11.2 Å². The van der Waals surface area contributed by atoms with Crippen molar-refractivity contribution in [1.82, 2.24) is 10.3 Å². The molecule has 0 saturated heterocycles. The number of aromatic nitrogens is 1. The average molecular weight is 418 g/mol. The first kappa shape index (κ1) is 21.1. The van der Waals surface area contributed by atoms with Crippen LogP contribution < -0.4 is 10.2 Å². The number of benzene rings is 2. The fourth-order valence-electron chi connectivity index (χ4n) is 3.00. The molecule has 0 aliphatic rings. The first-order valence-corrected chi connectivity index (χ1v) is 9.72. The van der Waals surface area contributed by atoms with Crippen LogP contribution in [0.1, 0.15) is 24.1 Å². The van der Waals surface area contributed by atoms with Crippen molar-refractivity contribution < 1.29 is 9.59 Å². The average Bonchev–Trinajstić information content (AvgIpc) is 2.78. The summed E-state index contributed by atoms with van der Waals surface area (Å²) >= 11 is 5.91. The Bertz CT molecular complexity index is 1060. The molecule has 1 atom stereocenters. The van der Waals surface area contributed by atoms with Gasteiger partial charge in [0.25, 0.3) is 0 Å². The lowest BCUT2D eigenvalue weighted by Crippen LogP contribution is -2.43. The molecule has 3 aromatic rings. The molecule has 1 heterocycles. The number of amides is 2. The molecule has 2 amide bonds. The Labute approximate surface area is 180 Å². The number of nitrogens with one attached hydrogen (secondary N) is 1. The molecule has 0 saturated carbocycles. The van der Waals surface area contributed by atoms with Gasteiger partial charge in [-0.2, -0.15) is 0 Å². The highest BCUT2D eigenvalue weighted by Gasteiger charge is 2.32. The molecule has 0 aliphatic carbocycles. The molecule has 3 rings (SSSR count). The summed E-state index contributed by atoms with van der Waals surface area (Å²) in [6.07, 6.45) is 1.46.